The number of nitrogens with zero attached hydrogens (tertiary/aromatic N) is 3. The number of esters is 1. The number of aromatic nitrogens is 2. The van der Waals surface area contributed by atoms with Crippen LogP contribution in [-0.4, -0.2) is 48.5 Å². The van der Waals surface area contributed by atoms with Crippen molar-refractivity contribution in [3.8, 4) is 5.75 Å². The van der Waals surface area contributed by atoms with E-state index in [1.54, 1.807) is 31.6 Å². The summed E-state index contributed by atoms with van der Waals surface area (Å²) >= 11 is 0. The molecule has 8 nitrogen and oxygen atoms in total. The van der Waals surface area contributed by atoms with Crippen LogP contribution in [0.3, 0.4) is 0 Å². The summed E-state index contributed by atoms with van der Waals surface area (Å²) in [7, 11) is -1.04. The lowest BCUT2D eigenvalue weighted by molar-refractivity contribution is -0.145. The van der Waals surface area contributed by atoms with Crippen LogP contribution in [0.4, 0.5) is 0 Å². The molecule has 1 aromatic heterocycles. The Balaban J connectivity index is 1.69. The third kappa shape index (κ3) is 4.06. The highest BCUT2D eigenvalue weighted by Gasteiger charge is 2.42. The molecule has 1 atom stereocenters. The standard InChI is InChI=1S/C22H23N3O5S/c1-29-17-10-8-16(9-11-17)13-24-15-23-19-12-20(22(26)30-2)25(14-21(19)24)31(27,28)18-6-4-3-5-7-18/h3-11,15,20H,12-14H2,1-2H3/t20-/m0/s1. The van der Waals surface area contributed by atoms with Gasteiger partial charge in [0.15, 0.2) is 0 Å². The summed E-state index contributed by atoms with van der Waals surface area (Å²) in [4.78, 5) is 17.0. The summed E-state index contributed by atoms with van der Waals surface area (Å²) in [5.41, 5.74) is 2.48. The van der Waals surface area contributed by atoms with Gasteiger partial charge in [-0.3, -0.25) is 4.79 Å². The van der Waals surface area contributed by atoms with E-state index >= 15 is 0 Å². The zero-order valence-electron chi connectivity index (χ0n) is 17.3. The number of imidazole rings is 1. The van der Waals surface area contributed by atoms with Gasteiger partial charge in [-0.2, -0.15) is 4.31 Å². The van der Waals surface area contributed by atoms with Crippen LogP contribution in [0.25, 0.3) is 0 Å². The Morgan fingerprint density at radius 3 is 2.45 bits per heavy atom. The lowest BCUT2D eigenvalue weighted by Crippen LogP contribution is -2.49. The van der Waals surface area contributed by atoms with E-state index in [0.29, 0.717) is 12.2 Å². The van der Waals surface area contributed by atoms with E-state index in [2.05, 4.69) is 4.98 Å². The smallest absolute Gasteiger partial charge is 0.324 e. The second kappa shape index (κ2) is 8.52. The van der Waals surface area contributed by atoms with Gasteiger partial charge in [-0.25, -0.2) is 13.4 Å². The SMILES string of the molecule is COC(=O)[C@@H]1Cc2ncn(Cc3ccc(OC)cc3)c2CN1S(=O)(=O)c1ccccc1. The number of carbonyl (C=O) groups excluding carboxylic acids is 1. The maximum absolute atomic E-state index is 13.4. The van der Waals surface area contributed by atoms with Gasteiger partial charge in [-0.05, 0) is 29.8 Å². The fraction of sp³-hybridized carbons (Fsp3) is 0.273. The molecule has 162 valence electrons. The van der Waals surface area contributed by atoms with E-state index in [9.17, 15) is 13.2 Å². The van der Waals surface area contributed by atoms with Crippen LogP contribution in [0, 0.1) is 0 Å². The van der Waals surface area contributed by atoms with Crippen molar-refractivity contribution in [1.29, 1.82) is 0 Å². The van der Waals surface area contributed by atoms with Crippen LogP contribution in [-0.2, 0) is 39.1 Å². The van der Waals surface area contributed by atoms with Gasteiger partial charge in [0.05, 0.1) is 43.4 Å². The number of hydrogen-bond acceptors (Lipinski definition) is 6. The minimum atomic E-state index is -3.91. The molecule has 3 aromatic rings. The Kier molecular flexibility index (Phi) is 5.79. The predicted molar refractivity (Wildman–Crippen MR) is 113 cm³/mol. The number of methoxy groups -OCH3 is 2. The summed E-state index contributed by atoms with van der Waals surface area (Å²) in [6, 6.07) is 14.8. The number of hydrogen-bond donors (Lipinski definition) is 0. The monoisotopic (exact) mass is 441 g/mol. The van der Waals surface area contributed by atoms with Gasteiger partial charge >= 0.3 is 5.97 Å². The Morgan fingerprint density at radius 2 is 1.81 bits per heavy atom. The first-order chi connectivity index (χ1) is 14.9. The molecule has 31 heavy (non-hydrogen) atoms. The second-order valence-electron chi connectivity index (χ2n) is 7.22. The third-order valence-electron chi connectivity index (χ3n) is 5.41. The van der Waals surface area contributed by atoms with Gasteiger partial charge < -0.3 is 14.0 Å². The normalized spacial score (nSPS) is 16.5. The maximum atomic E-state index is 13.4. The van der Waals surface area contributed by atoms with Crippen LogP contribution >= 0.6 is 0 Å². The van der Waals surface area contributed by atoms with Gasteiger partial charge in [-0.1, -0.05) is 30.3 Å². The van der Waals surface area contributed by atoms with Crippen molar-refractivity contribution in [2.45, 2.75) is 30.4 Å². The molecular weight excluding hydrogens is 418 g/mol. The highest BCUT2D eigenvalue weighted by Crippen LogP contribution is 2.29. The summed E-state index contributed by atoms with van der Waals surface area (Å²) in [6.07, 6.45) is 1.84. The Bertz CT molecular complexity index is 1170. The van der Waals surface area contributed by atoms with Crippen LogP contribution < -0.4 is 4.74 Å². The van der Waals surface area contributed by atoms with Gasteiger partial charge in [-0.15, -0.1) is 0 Å². The molecular formula is C22H23N3O5S. The minimum Gasteiger partial charge on any atom is -0.497 e. The average molecular weight is 442 g/mol. The molecule has 0 saturated heterocycles. The maximum Gasteiger partial charge on any atom is 0.324 e. The van der Waals surface area contributed by atoms with Crippen molar-refractivity contribution in [2.75, 3.05) is 14.2 Å². The van der Waals surface area contributed by atoms with E-state index in [1.165, 1.54) is 23.5 Å². The highest BCUT2D eigenvalue weighted by atomic mass is 32.2. The summed E-state index contributed by atoms with van der Waals surface area (Å²) in [6.45, 7) is 0.553. The van der Waals surface area contributed by atoms with E-state index in [4.69, 9.17) is 9.47 Å². The topological polar surface area (TPSA) is 90.7 Å². The lowest BCUT2D eigenvalue weighted by atomic mass is 10.1. The molecule has 2 heterocycles. The molecule has 1 aliphatic rings. The zero-order valence-corrected chi connectivity index (χ0v) is 18.1. The summed E-state index contributed by atoms with van der Waals surface area (Å²) < 4.78 is 40.0. The van der Waals surface area contributed by atoms with Crippen molar-refractivity contribution < 1.29 is 22.7 Å². The number of benzene rings is 2. The predicted octanol–water partition coefficient (Wildman–Crippen LogP) is 2.23. The molecule has 1 aliphatic heterocycles. The van der Waals surface area contributed by atoms with Crippen molar-refractivity contribution in [3.63, 3.8) is 0 Å². The fourth-order valence-corrected chi connectivity index (χ4v) is 5.29. The molecule has 4 rings (SSSR count). The van der Waals surface area contributed by atoms with Crippen molar-refractivity contribution in [2.24, 2.45) is 0 Å². The van der Waals surface area contributed by atoms with Gasteiger partial charge in [0.1, 0.15) is 11.8 Å². The van der Waals surface area contributed by atoms with Crippen molar-refractivity contribution in [1.82, 2.24) is 13.9 Å². The number of rotatable bonds is 6. The largest absolute Gasteiger partial charge is 0.497 e. The zero-order chi connectivity index (χ0) is 22.0. The van der Waals surface area contributed by atoms with Crippen LogP contribution in [0.2, 0.25) is 0 Å². The summed E-state index contributed by atoms with van der Waals surface area (Å²) in [5, 5.41) is 0. The number of sulfonamides is 1. The Labute approximate surface area is 181 Å². The number of fused-ring (bicyclic) bond motifs is 1. The molecule has 0 amide bonds. The van der Waals surface area contributed by atoms with Crippen molar-refractivity contribution in [3.05, 3.63) is 77.9 Å². The molecule has 0 bridgehead atoms. The van der Waals surface area contributed by atoms with E-state index in [0.717, 1.165) is 17.0 Å². The van der Waals surface area contributed by atoms with Crippen molar-refractivity contribution >= 4 is 16.0 Å². The molecule has 0 unspecified atom stereocenters. The van der Waals surface area contributed by atoms with E-state index in [1.807, 2.05) is 28.8 Å². The van der Waals surface area contributed by atoms with Gasteiger partial charge in [0.2, 0.25) is 10.0 Å². The Hall–Kier alpha value is -3.17. The highest BCUT2D eigenvalue weighted by molar-refractivity contribution is 7.89. The third-order valence-corrected chi connectivity index (χ3v) is 7.28. The molecule has 0 fully saturated rings. The first kappa shape index (κ1) is 21.1. The van der Waals surface area contributed by atoms with E-state index in [-0.39, 0.29) is 17.9 Å². The molecule has 0 aliphatic carbocycles. The molecule has 2 aromatic carbocycles. The second-order valence-corrected chi connectivity index (χ2v) is 9.11. The first-order valence-corrected chi connectivity index (χ1v) is 11.2. The summed E-state index contributed by atoms with van der Waals surface area (Å²) in [5.74, 6) is 0.160. The molecule has 0 N–H and O–H groups in total. The quantitative estimate of drug-likeness (QED) is 0.545. The molecule has 0 radical (unpaired) electrons. The molecule has 0 spiro atoms. The van der Waals surface area contributed by atoms with Crippen LogP contribution in [0.15, 0.2) is 65.8 Å². The van der Waals surface area contributed by atoms with Gasteiger partial charge in [0.25, 0.3) is 0 Å². The number of carbonyl (C=O) groups is 1. The average Bonchev–Trinajstić information content (AvgIpc) is 3.20. The first-order valence-electron chi connectivity index (χ1n) is 9.74. The number of ether oxygens (including phenoxy) is 2. The Morgan fingerprint density at radius 1 is 1.10 bits per heavy atom. The molecule has 9 heteroatoms. The van der Waals surface area contributed by atoms with Gasteiger partial charge in [0, 0.05) is 13.0 Å². The minimum absolute atomic E-state index is 0.0302. The van der Waals surface area contributed by atoms with E-state index < -0.39 is 22.0 Å². The fourth-order valence-electron chi connectivity index (χ4n) is 3.73. The van der Waals surface area contributed by atoms with Crippen LogP contribution in [0.1, 0.15) is 17.0 Å². The van der Waals surface area contributed by atoms with Crippen LogP contribution in [0.5, 0.6) is 5.75 Å². The lowest BCUT2D eigenvalue weighted by Gasteiger charge is -2.33. The molecule has 0 saturated carbocycles.